The van der Waals surface area contributed by atoms with Gasteiger partial charge in [-0.3, -0.25) is 14.4 Å². The van der Waals surface area contributed by atoms with Crippen molar-refractivity contribution in [1.82, 2.24) is 0 Å². The van der Waals surface area contributed by atoms with E-state index in [-0.39, 0.29) is 22.0 Å². The van der Waals surface area contributed by atoms with Crippen LogP contribution in [-0.2, 0) is 19.1 Å². The Bertz CT molecular complexity index is 891. The SMILES string of the molecule is CCOC(=O)c1c(NC(=O)COC(C)=O)sc(C(=O)Nc2ccccc2)c1C. The Kier molecular flexibility index (Phi) is 7.28. The van der Waals surface area contributed by atoms with Gasteiger partial charge in [0.2, 0.25) is 0 Å². The fourth-order valence-corrected chi connectivity index (χ4v) is 3.41. The Morgan fingerprint density at radius 2 is 1.71 bits per heavy atom. The van der Waals surface area contributed by atoms with Crippen molar-refractivity contribution in [2.45, 2.75) is 20.8 Å². The number of thiophene rings is 1. The van der Waals surface area contributed by atoms with E-state index in [1.54, 1.807) is 38.1 Å². The minimum absolute atomic E-state index is 0.0984. The largest absolute Gasteiger partial charge is 0.462 e. The van der Waals surface area contributed by atoms with Crippen molar-refractivity contribution < 1.29 is 28.7 Å². The van der Waals surface area contributed by atoms with Gasteiger partial charge in [-0.25, -0.2) is 4.79 Å². The van der Waals surface area contributed by atoms with Gasteiger partial charge in [-0.2, -0.15) is 0 Å². The van der Waals surface area contributed by atoms with Gasteiger partial charge in [0.1, 0.15) is 5.00 Å². The van der Waals surface area contributed by atoms with Crippen LogP contribution in [0.1, 0.15) is 39.4 Å². The number of benzene rings is 1. The fraction of sp³-hybridized carbons (Fsp3) is 0.263. The van der Waals surface area contributed by atoms with Gasteiger partial charge in [-0.1, -0.05) is 18.2 Å². The van der Waals surface area contributed by atoms with Crippen LogP contribution >= 0.6 is 11.3 Å². The molecule has 0 aliphatic rings. The second-order valence-corrected chi connectivity index (χ2v) is 6.65. The summed E-state index contributed by atoms with van der Waals surface area (Å²) in [4.78, 5) is 48.1. The monoisotopic (exact) mass is 404 g/mol. The van der Waals surface area contributed by atoms with Crippen molar-refractivity contribution in [3.05, 3.63) is 46.3 Å². The lowest BCUT2D eigenvalue weighted by Gasteiger charge is -2.07. The van der Waals surface area contributed by atoms with Crippen LogP contribution in [-0.4, -0.2) is 37.0 Å². The number of para-hydroxylation sites is 1. The molecule has 0 saturated heterocycles. The molecule has 0 atom stereocenters. The molecule has 0 fully saturated rings. The van der Waals surface area contributed by atoms with E-state index < -0.39 is 30.4 Å². The molecule has 148 valence electrons. The smallest absolute Gasteiger partial charge is 0.341 e. The molecular weight excluding hydrogens is 384 g/mol. The Morgan fingerprint density at radius 1 is 1.04 bits per heavy atom. The van der Waals surface area contributed by atoms with Gasteiger partial charge in [0.15, 0.2) is 6.61 Å². The first-order valence-electron chi connectivity index (χ1n) is 8.43. The van der Waals surface area contributed by atoms with Crippen molar-refractivity contribution in [3.8, 4) is 0 Å². The molecule has 9 heteroatoms. The lowest BCUT2D eigenvalue weighted by atomic mass is 10.1. The van der Waals surface area contributed by atoms with E-state index in [0.717, 1.165) is 11.3 Å². The highest BCUT2D eigenvalue weighted by atomic mass is 32.1. The van der Waals surface area contributed by atoms with Crippen LogP contribution in [0.15, 0.2) is 30.3 Å². The van der Waals surface area contributed by atoms with Crippen molar-refractivity contribution in [1.29, 1.82) is 0 Å². The lowest BCUT2D eigenvalue weighted by Crippen LogP contribution is -2.20. The highest BCUT2D eigenvalue weighted by Gasteiger charge is 2.26. The van der Waals surface area contributed by atoms with Gasteiger partial charge < -0.3 is 20.1 Å². The number of nitrogens with one attached hydrogen (secondary N) is 2. The number of esters is 2. The third-order valence-electron chi connectivity index (χ3n) is 3.52. The summed E-state index contributed by atoms with van der Waals surface area (Å²) in [5.74, 6) is -2.30. The summed E-state index contributed by atoms with van der Waals surface area (Å²) in [6.45, 7) is 4.07. The minimum Gasteiger partial charge on any atom is -0.462 e. The molecule has 0 aliphatic heterocycles. The average Bonchev–Trinajstić information content (AvgIpc) is 2.97. The standard InChI is InChI=1S/C19H20N2O6S/c1-4-26-19(25)15-11(2)16(17(24)20-13-8-6-5-7-9-13)28-18(15)21-14(23)10-27-12(3)22/h5-9H,4,10H2,1-3H3,(H,20,24)(H,21,23). The molecule has 1 heterocycles. The first kappa shape index (κ1) is 21.1. The molecular formula is C19H20N2O6S. The molecule has 0 unspecified atom stereocenters. The van der Waals surface area contributed by atoms with Gasteiger partial charge in [0.05, 0.1) is 17.0 Å². The van der Waals surface area contributed by atoms with E-state index in [9.17, 15) is 19.2 Å². The topological polar surface area (TPSA) is 111 Å². The summed E-state index contributed by atoms with van der Waals surface area (Å²) in [6.07, 6.45) is 0. The highest BCUT2D eigenvalue weighted by molar-refractivity contribution is 7.18. The predicted molar refractivity (Wildman–Crippen MR) is 105 cm³/mol. The van der Waals surface area contributed by atoms with E-state index in [2.05, 4.69) is 15.4 Å². The van der Waals surface area contributed by atoms with Gasteiger partial charge in [0, 0.05) is 12.6 Å². The molecule has 2 rings (SSSR count). The molecule has 1 aromatic heterocycles. The van der Waals surface area contributed by atoms with E-state index in [4.69, 9.17) is 4.74 Å². The summed E-state index contributed by atoms with van der Waals surface area (Å²) in [7, 11) is 0. The number of amides is 2. The molecule has 0 radical (unpaired) electrons. The Morgan fingerprint density at radius 3 is 2.32 bits per heavy atom. The summed E-state index contributed by atoms with van der Waals surface area (Å²) in [6, 6.07) is 8.84. The van der Waals surface area contributed by atoms with E-state index in [1.807, 2.05) is 6.07 Å². The quantitative estimate of drug-likeness (QED) is 0.687. The Labute approximate surface area is 165 Å². The predicted octanol–water partition coefficient (Wildman–Crippen LogP) is 2.99. The zero-order valence-electron chi connectivity index (χ0n) is 15.7. The highest BCUT2D eigenvalue weighted by Crippen LogP contribution is 2.34. The van der Waals surface area contributed by atoms with Crippen LogP contribution in [0.4, 0.5) is 10.7 Å². The van der Waals surface area contributed by atoms with E-state index in [0.29, 0.717) is 11.3 Å². The maximum absolute atomic E-state index is 12.6. The molecule has 1 aromatic carbocycles. The van der Waals surface area contributed by atoms with Gasteiger partial charge in [0.25, 0.3) is 11.8 Å². The molecule has 0 bridgehead atoms. The second kappa shape index (κ2) is 9.65. The number of hydrogen-bond donors (Lipinski definition) is 2. The van der Waals surface area contributed by atoms with Crippen molar-refractivity contribution in [3.63, 3.8) is 0 Å². The zero-order valence-corrected chi connectivity index (χ0v) is 16.5. The van der Waals surface area contributed by atoms with E-state index in [1.165, 1.54) is 6.92 Å². The Hall–Kier alpha value is -3.20. The molecule has 0 saturated carbocycles. The first-order chi connectivity index (χ1) is 13.3. The third kappa shape index (κ3) is 5.40. The maximum Gasteiger partial charge on any atom is 0.341 e. The van der Waals surface area contributed by atoms with Gasteiger partial charge in [-0.05, 0) is 31.5 Å². The van der Waals surface area contributed by atoms with Crippen LogP contribution in [0.25, 0.3) is 0 Å². The molecule has 28 heavy (non-hydrogen) atoms. The van der Waals surface area contributed by atoms with Crippen LogP contribution in [0.5, 0.6) is 0 Å². The molecule has 2 aromatic rings. The summed E-state index contributed by atoms with van der Waals surface area (Å²) >= 11 is 0.945. The number of hydrogen-bond acceptors (Lipinski definition) is 7. The lowest BCUT2D eigenvalue weighted by molar-refractivity contribution is -0.144. The number of carbonyl (C=O) groups is 4. The van der Waals surface area contributed by atoms with Crippen LogP contribution in [0.2, 0.25) is 0 Å². The first-order valence-corrected chi connectivity index (χ1v) is 9.25. The van der Waals surface area contributed by atoms with Crippen molar-refractivity contribution >= 4 is 45.8 Å². The third-order valence-corrected chi connectivity index (χ3v) is 4.73. The number of carbonyl (C=O) groups excluding carboxylic acids is 4. The molecule has 0 spiro atoms. The molecule has 2 amide bonds. The molecule has 2 N–H and O–H groups in total. The summed E-state index contributed by atoms with van der Waals surface area (Å²) in [5.41, 5.74) is 1.08. The summed E-state index contributed by atoms with van der Waals surface area (Å²) in [5, 5.41) is 5.41. The van der Waals surface area contributed by atoms with Crippen LogP contribution in [0, 0.1) is 6.92 Å². The second-order valence-electron chi connectivity index (χ2n) is 5.63. The van der Waals surface area contributed by atoms with Crippen LogP contribution < -0.4 is 10.6 Å². The normalized spacial score (nSPS) is 10.1. The molecule has 8 nitrogen and oxygen atoms in total. The van der Waals surface area contributed by atoms with Crippen LogP contribution in [0.3, 0.4) is 0 Å². The summed E-state index contributed by atoms with van der Waals surface area (Å²) < 4.78 is 9.69. The fourth-order valence-electron chi connectivity index (χ4n) is 2.31. The number of anilines is 2. The van der Waals surface area contributed by atoms with Crippen molar-refractivity contribution in [2.75, 3.05) is 23.8 Å². The Balaban J connectivity index is 2.31. The minimum atomic E-state index is -0.655. The molecule has 0 aliphatic carbocycles. The van der Waals surface area contributed by atoms with Crippen molar-refractivity contribution in [2.24, 2.45) is 0 Å². The zero-order chi connectivity index (χ0) is 20.7. The van der Waals surface area contributed by atoms with Gasteiger partial charge in [-0.15, -0.1) is 11.3 Å². The maximum atomic E-state index is 12.6. The number of rotatable bonds is 7. The number of ether oxygens (including phenoxy) is 2. The van der Waals surface area contributed by atoms with E-state index >= 15 is 0 Å². The van der Waals surface area contributed by atoms with Gasteiger partial charge >= 0.3 is 11.9 Å². The average molecular weight is 404 g/mol.